The molecule has 0 aliphatic carbocycles. The first-order chi connectivity index (χ1) is 39.7. The van der Waals surface area contributed by atoms with E-state index in [1.54, 1.807) is 109 Å². The molecule has 434 valence electrons. The summed E-state index contributed by atoms with van der Waals surface area (Å²) < 4.78 is 0. The van der Waals surface area contributed by atoms with E-state index < -0.39 is 41.8 Å². The largest absolute Gasteiger partial charge is 0.508 e. The first-order valence-electron chi connectivity index (χ1n) is 28.3. The molecule has 15 N–H and O–H groups in total. The Morgan fingerprint density at radius 2 is 0.610 bits per heavy atom. The quantitative estimate of drug-likeness (QED) is 0.0141. The lowest BCUT2D eigenvalue weighted by atomic mass is 9.85. The van der Waals surface area contributed by atoms with Gasteiger partial charge in [0.05, 0.1) is 0 Å². The molecule has 0 radical (unpaired) electrons. The van der Waals surface area contributed by atoms with Gasteiger partial charge in [-0.25, -0.2) is 0 Å². The molecular formula is C64H79N9O9. The van der Waals surface area contributed by atoms with Gasteiger partial charge in [-0.1, -0.05) is 91.0 Å². The second-order valence-electron chi connectivity index (χ2n) is 20.4. The van der Waals surface area contributed by atoms with Gasteiger partial charge in [-0.2, -0.15) is 0 Å². The molecule has 0 saturated heterocycles. The fourth-order valence-corrected chi connectivity index (χ4v) is 9.54. The van der Waals surface area contributed by atoms with Crippen molar-refractivity contribution >= 4 is 52.5 Å². The standard InChI is InChI=1S/C64H79N9O9/c65-40-10-7-16-52(71-58(77)37-28-43-13-1-4-19-55(43)74)62(80)68-49-31-22-46(23-32-49)61(47-24-33-50(34-25-47)69-63(81)53(17-8-11-41-66)72-59(78)38-29-44-14-2-5-20-56(44)75)48-26-35-51(36-27-48)70-64(82)54(18-9-12-42-67)73-60(79)39-30-45-15-3-6-21-57(45)76/h1-6,13-15,19-27,31-36,52-54,61,74-76H,7-12,16-18,28-30,37-42,65-67H2,(H,68,80)(H,69,81)(H,70,82)(H,71,77)(H,72,78)(H,73,79)/t52-,53-,54-/m1/s1. The molecule has 0 bridgehead atoms. The van der Waals surface area contributed by atoms with Gasteiger partial charge in [-0.3, -0.25) is 28.8 Å². The van der Waals surface area contributed by atoms with Crippen LogP contribution in [0.4, 0.5) is 17.1 Å². The van der Waals surface area contributed by atoms with Gasteiger partial charge in [0.1, 0.15) is 35.4 Å². The van der Waals surface area contributed by atoms with E-state index >= 15 is 0 Å². The van der Waals surface area contributed by atoms with Crippen LogP contribution in [-0.4, -0.2) is 88.5 Å². The molecule has 6 rings (SSSR count). The van der Waals surface area contributed by atoms with E-state index in [1.807, 2.05) is 36.4 Å². The number of nitrogens with one attached hydrogen (secondary N) is 6. The zero-order valence-corrected chi connectivity index (χ0v) is 46.4. The third-order valence-electron chi connectivity index (χ3n) is 14.2. The molecule has 82 heavy (non-hydrogen) atoms. The second kappa shape index (κ2) is 33.2. The Balaban J connectivity index is 1.21. The maximum Gasteiger partial charge on any atom is 0.246 e. The zero-order valence-electron chi connectivity index (χ0n) is 46.4. The summed E-state index contributed by atoms with van der Waals surface area (Å²) in [5.74, 6) is -2.29. The Hall–Kier alpha value is -8.58. The Bertz CT molecular complexity index is 2690. The summed E-state index contributed by atoms with van der Waals surface area (Å²) in [6.45, 7) is 1.31. The number of aromatic hydroxyl groups is 3. The number of unbranched alkanes of at least 4 members (excludes halogenated alkanes) is 3. The van der Waals surface area contributed by atoms with E-state index in [4.69, 9.17) is 17.2 Å². The Morgan fingerprint density at radius 3 is 0.854 bits per heavy atom. The topological polar surface area (TPSA) is 313 Å². The van der Waals surface area contributed by atoms with Crippen molar-refractivity contribution in [3.63, 3.8) is 0 Å². The number of anilines is 3. The number of nitrogens with two attached hydrogens (primary N) is 3. The van der Waals surface area contributed by atoms with Crippen molar-refractivity contribution in [1.29, 1.82) is 0 Å². The summed E-state index contributed by atoms with van der Waals surface area (Å²) in [6, 6.07) is 39.9. The van der Waals surface area contributed by atoms with Crippen molar-refractivity contribution in [3.8, 4) is 17.2 Å². The van der Waals surface area contributed by atoms with E-state index in [2.05, 4.69) is 31.9 Å². The van der Waals surface area contributed by atoms with E-state index in [0.717, 1.165) is 16.7 Å². The average molecular weight is 1120 g/mol. The van der Waals surface area contributed by atoms with Crippen LogP contribution < -0.4 is 49.1 Å². The minimum Gasteiger partial charge on any atom is -0.508 e. The third kappa shape index (κ3) is 20.2. The summed E-state index contributed by atoms with van der Waals surface area (Å²) in [5, 5.41) is 48.2. The smallest absolute Gasteiger partial charge is 0.246 e. The number of hydrogen-bond acceptors (Lipinski definition) is 12. The molecule has 3 atom stereocenters. The Morgan fingerprint density at radius 1 is 0.354 bits per heavy atom. The molecule has 0 aliphatic heterocycles. The summed E-state index contributed by atoms with van der Waals surface area (Å²) in [6.07, 6.45) is 6.06. The number of hydrogen-bond donors (Lipinski definition) is 12. The van der Waals surface area contributed by atoms with Crippen LogP contribution in [0, 0.1) is 0 Å². The van der Waals surface area contributed by atoms with Crippen LogP contribution in [0.3, 0.4) is 0 Å². The number of para-hydroxylation sites is 3. The van der Waals surface area contributed by atoms with Gasteiger partial charge in [0.25, 0.3) is 0 Å². The Labute approximate surface area is 480 Å². The number of phenolic OH excluding ortho intramolecular Hbond substituents is 3. The SMILES string of the molecule is NCCCC[C@@H](NC(=O)CCc1ccccc1O)C(=O)Nc1ccc(C(c2ccc(NC(=O)[C@@H](CCCCN)NC(=O)CCc3ccccc3O)cc2)c2ccc(NC(=O)[C@@H](CCCCN)NC(=O)CCc3ccccc3O)cc2)cc1. The van der Waals surface area contributed by atoms with Crippen LogP contribution in [-0.2, 0) is 48.0 Å². The van der Waals surface area contributed by atoms with Gasteiger partial charge in [0, 0.05) is 42.2 Å². The molecule has 0 aliphatic rings. The molecule has 0 heterocycles. The van der Waals surface area contributed by atoms with E-state index in [0.29, 0.717) is 130 Å². The molecular weight excluding hydrogens is 1040 g/mol. The highest BCUT2D eigenvalue weighted by molar-refractivity contribution is 5.99. The van der Waals surface area contributed by atoms with Crippen LogP contribution in [0.5, 0.6) is 17.2 Å². The number of rotatable bonds is 33. The molecule has 0 aromatic heterocycles. The lowest BCUT2D eigenvalue weighted by Crippen LogP contribution is -2.44. The molecule has 6 aromatic carbocycles. The maximum atomic E-state index is 13.8. The number of carbonyl (C=O) groups excluding carboxylic acids is 6. The summed E-state index contributed by atoms with van der Waals surface area (Å²) in [4.78, 5) is 81.0. The maximum absolute atomic E-state index is 13.8. The van der Waals surface area contributed by atoms with E-state index in [1.165, 1.54) is 0 Å². The Kier molecular flexibility index (Phi) is 25.4. The van der Waals surface area contributed by atoms with Crippen LogP contribution in [0.1, 0.15) is 116 Å². The second-order valence-corrected chi connectivity index (χ2v) is 20.4. The number of carbonyl (C=O) groups is 6. The molecule has 6 aromatic rings. The van der Waals surface area contributed by atoms with Crippen molar-refractivity contribution in [2.24, 2.45) is 17.2 Å². The number of benzene rings is 6. The molecule has 18 heteroatoms. The highest BCUT2D eigenvalue weighted by Gasteiger charge is 2.25. The van der Waals surface area contributed by atoms with Gasteiger partial charge in [0.15, 0.2) is 0 Å². The predicted molar refractivity (Wildman–Crippen MR) is 320 cm³/mol. The fourth-order valence-electron chi connectivity index (χ4n) is 9.54. The summed E-state index contributed by atoms with van der Waals surface area (Å²) in [5.41, 5.74) is 23.2. The van der Waals surface area contributed by atoms with Crippen LogP contribution in [0.25, 0.3) is 0 Å². The van der Waals surface area contributed by atoms with Crippen molar-refractivity contribution in [1.82, 2.24) is 16.0 Å². The van der Waals surface area contributed by atoms with Crippen molar-refractivity contribution in [3.05, 3.63) is 179 Å². The van der Waals surface area contributed by atoms with Crippen molar-refractivity contribution in [2.45, 2.75) is 120 Å². The van der Waals surface area contributed by atoms with Gasteiger partial charge < -0.3 is 64.4 Å². The van der Waals surface area contributed by atoms with Gasteiger partial charge in [0.2, 0.25) is 35.4 Å². The molecule has 18 nitrogen and oxygen atoms in total. The number of phenols is 3. The number of aryl methyl sites for hydroxylation is 3. The fraction of sp³-hybridized carbons (Fsp3) is 0.344. The average Bonchev–Trinajstić information content (AvgIpc) is 3.47. The highest BCUT2D eigenvalue weighted by atomic mass is 16.3. The molecule has 0 saturated carbocycles. The minimum atomic E-state index is -0.839. The molecule has 0 fully saturated rings. The van der Waals surface area contributed by atoms with Crippen molar-refractivity contribution in [2.75, 3.05) is 35.6 Å². The third-order valence-corrected chi connectivity index (χ3v) is 14.2. The van der Waals surface area contributed by atoms with Crippen LogP contribution in [0.15, 0.2) is 146 Å². The lowest BCUT2D eigenvalue weighted by molar-refractivity contribution is -0.126. The van der Waals surface area contributed by atoms with E-state index in [9.17, 15) is 44.1 Å². The zero-order chi connectivity index (χ0) is 58.6. The number of amides is 6. The van der Waals surface area contributed by atoms with Gasteiger partial charge >= 0.3 is 0 Å². The van der Waals surface area contributed by atoms with E-state index in [-0.39, 0.29) is 54.2 Å². The first kappa shape index (κ1) is 62.6. The van der Waals surface area contributed by atoms with Crippen LogP contribution >= 0.6 is 0 Å². The predicted octanol–water partition coefficient (Wildman–Crippen LogP) is 7.54. The normalized spacial score (nSPS) is 12.1. The molecule has 6 amide bonds. The summed E-state index contributed by atoms with van der Waals surface area (Å²) >= 11 is 0. The minimum absolute atomic E-state index is 0.0722. The molecule has 0 spiro atoms. The lowest BCUT2D eigenvalue weighted by Gasteiger charge is -2.22. The van der Waals surface area contributed by atoms with Crippen LogP contribution in [0.2, 0.25) is 0 Å². The first-order valence-corrected chi connectivity index (χ1v) is 28.3. The van der Waals surface area contributed by atoms with Gasteiger partial charge in [-0.15, -0.1) is 0 Å². The summed E-state index contributed by atoms with van der Waals surface area (Å²) in [7, 11) is 0. The van der Waals surface area contributed by atoms with Gasteiger partial charge in [-0.05, 0) is 185 Å². The molecule has 0 unspecified atom stereocenters. The highest BCUT2D eigenvalue weighted by Crippen LogP contribution is 2.34. The van der Waals surface area contributed by atoms with Crippen molar-refractivity contribution < 1.29 is 44.1 Å². The monoisotopic (exact) mass is 1120 g/mol.